The number of nitrogens with zero attached hydrogens (tertiary/aromatic N) is 3. The summed E-state index contributed by atoms with van der Waals surface area (Å²) in [5.41, 5.74) is 7.94. The van der Waals surface area contributed by atoms with E-state index in [2.05, 4.69) is 49.9 Å². The van der Waals surface area contributed by atoms with Crippen LogP contribution in [-0.2, 0) is 11.2 Å². The van der Waals surface area contributed by atoms with E-state index in [4.69, 9.17) is 14.5 Å². The summed E-state index contributed by atoms with van der Waals surface area (Å²) in [4.78, 5) is 7.60. The zero-order valence-corrected chi connectivity index (χ0v) is 22.4. The first-order valence-corrected chi connectivity index (χ1v) is 13.3. The second kappa shape index (κ2) is 11.9. The number of fused-ring (bicyclic) bond motifs is 1. The quantitative estimate of drug-likeness (QED) is 0.397. The fourth-order valence-electron chi connectivity index (χ4n) is 5.32. The molecule has 1 aliphatic heterocycles. The Morgan fingerprint density at radius 3 is 2.69 bits per heavy atom. The van der Waals surface area contributed by atoms with E-state index in [-0.39, 0.29) is 12.0 Å². The molecule has 2 atom stereocenters. The highest BCUT2D eigenvalue weighted by Gasteiger charge is 2.30. The highest BCUT2D eigenvalue weighted by Crippen LogP contribution is 2.39. The van der Waals surface area contributed by atoms with Gasteiger partial charge in [0.2, 0.25) is 0 Å². The minimum Gasteiger partial charge on any atom is -0.490 e. The van der Waals surface area contributed by atoms with Crippen LogP contribution in [0, 0.1) is 17.2 Å². The van der Waals surface area contributed by atoms with E-state index < -0.39 is 0 Å². The molecule has 0 spiro atoms. The Bertz CT molecular complexity index is 1170. The van der Waals surface area contributed by atoms with Gasteiger partial charge >= 0.3 is 0 Å². The van der Waals surface area contributed by atoms with Crippen molar-refractivity contribution >= 4 is 11.3 Å². The van der Waals surface area contributed by atoms with Crippen LogP contribution < -0.4 is 4.74 Å². The summed E-state index contributed by atoms with van der Waals surface area (Å²) in [7, 11) is 0. The van der Waals surface area contributed by atoms with Crippen LogP contribution >= 0.6 is 0 Å². The molecule has 1 saturated heterocycles. The van der Waals surface area contributed by atoms with Gasteiger partial charge in [-0.2, -0.15) is 5.26 Å². The Morgan fingerprint density at radius 2 is 2.00 bits per heavy atom. The van der Waals surface area contributed by atoms with E-state index in [1.807, 2.05) is 38.2 Å². The van der Waals surface area contributed by atoms with Gasteiger partial charge in [0, 0.05) is 25.3 Å². The molecule has 0 aromatic heterocycles. The van der Waals surface area contributed by atoms with Gasteiger partial charge in [0.05, 0.1) is 30.6 Å². The number of ether oxygens (including phenoxy) is 2. The lowest BCUT2D eigenvalue weighted by Gasteiger charge is -2.32. The number of rotatable bonds is 8. The van der Waals surface area contributed by atoms with Gasteiger partial charge in [-0.15, -0.1) is 0 Å². The molecular formula is C31H39N3O2. The number of hydrogen-bond donors (Lipinski definition) is 0. The van der Waals surface area contributed by atoms with E-state index in [0.717, 1.165) is 50.4 Å². The van der Waals surface area contributed by atoms with Gasteiger partial charge in [0.15, 0.2) is 0 Å². The molecule has 0 bridgehead atoms. The molecular weight excluding hydrogens is 446 g/mol. The van der Waals surface area contributed by atoms with E-state index in [1.165, 1.54) is 28.7 Å². The minimum atomic E-state index is 0.0201. The minimum absolute atomic E-state index is 0.0201. The number of nitriles is 1. The molecule has 2 unspecified atom stereocenters. The molecule has 36 heavy (non-hydrogen) atoms. The van der Waals surface area contributed by atoms with Gasteiger partial charge in [-0.25, -0.2) is 0 Å². The maximum Gasteiger partial charge on any atom is 0.137 e. The molecule has 5 heteroatoms. The van der Waals surface area contributed by atoms with E-state index in [0.29, 0.717) is 17.4 Å². The molecule has 190 valence electrons. The first kappa shape index (κ1) is 26.1. The smallest absolute Gasteiger partial charge is 0.137 e. The van der Waals surface area contributed by atoms with Gasteiger partial charge in [-0.3, -0.25) is 9.89 Å². The maximum absolute atomic E-state index is 9.71. The van der Waals surface area contributed by atoms with Gasteiger partial charge in [-0.05, 0) is 92.0 Å². The van der Waals surface area contributed by atoms with Crippen LogP contribution in [0.5, 0.6) is 5.75 Å². The van der Waals surface area contributed by atoms with Crippen molar-refractivity contribution in [2.75, 3.05) is 26.3 Å². The second-order valence-electron chi connectivity index (χ2n) is 10.2. The van der Waals surface area contributed by atoms with Crippen molar-refractivity contribution in [1.29, 1.82) is 5.26 Å². The Balaban J connectivity index is 1.65. The van der Waals surface area contributed by atoms with Gasteiger partial charge in [0.1, 0.15) is 11.8 Å². The van der Waals surface area contributed by atoms with Crippen molar-refractivity contribution in [2.45, 2.75) is 66.0 Å². The maximum atomic E-state index is 9.71. The summed E-state index contributed by atoms with van der Waals surface area (Å²) >= 11 is 0. The fraction of sp³-hybridized carbons (Fsp3) is 0.484. The molecule has 2 aromatic rings. The third kappa shape index (κ3) is 5.72. The zero-order valence-electron chi connectivity index (χ0n) is 22.4. The fourth-order valence-corrected chi connectivity index (χ4v) is 5.32. The van der Waals surface area contributed by atoms with Crippen LogP contribution in [0.1, 0.15) is 81.3 Å². The Labute approximate surface area is 216 Å². The van der Waals surface area contributed by atoms with Crippen LogP contribution in [0.2, 0.25) is 0 Å². The summed E-state index contributed by atoms with van der Waals surface area (Å²) < 4.78 is 11.4. The lowest BCUT2D eigenvalue weighted by molar-refractivity contribution is 0.0164. The average Bonchev–Trinajstić information content (AvgIpc) is 3.33. The Morgan fingerprint density at radius 1 is 1.22 bits per heavy atom. The first-order valence-electron chi connectivity index (χ1n) is 13.3. The van der Waals surface area contributed by atoms with Crippen LogP contribution in [-0.4, -0.2) is 43.0 Å². The van der Waals surface area contributed by atoms with Crippen LogP contribution in [0.25, 0.3) is 5.57 Å². The van der Waals surface area contributed by atoms with Crippen molar-refractivity contribution < 1.29 is 9.47 Å². The van der Waals surface area contributed by atoms with E-state index in [1.54, 1.807) is 0 Å². The van der Waals surface area contributed by atoms with Crippen molar-refractivity contribution in [3.63, 3.8) is 0 Å². The Hall–Kier alpha value is -2.94. The van der Waals surface area contributed by atoms with Gasteiger partial charge in [0.25, 0.3) is 0 Å². The molecule has 0 N–H and O–H groups in total. The highest BCUT2D eigenvalue weighted by molar-refractivity contribution is 6.03. The van der Waals surface area contributed by atoms with E-state index >= 15 is 0 Å². The van der Waals surface area contributed by atoms with Crippen LogP contribution in [0.4, 0.5) is 0 Å². The van der Waals surface area contributed by atoms with Gasteiger partial charge in [-0.1, -0.05) is 32.0 Å². The number of hydrogen-bond acceptors (Lipinski definition) is 5. The zero-order chi connectivity index (χ0) is 25.7. The molecule has 5 nitrogen and oxygen atoms in total. The molecule has 2 aromatic carbocycles. The Kier molecular flexibility index (Phi) is 8.61. The molecule has 2 aliphatic rings. The molecule has 1 heterocycles. The number of aliphatic imine (C=N–C) groups is 1. The van der Waals surface area contributed by atoms with Crippen molar-refractivity contribution in [3.8, 4) is 11.8 Å². The summed E-state index contributed by atoms with van der Waals surface area (Å²) in [6, 6.07) is 15.4. The number of benzene rings is 2. The molecule has 1 aliphatic carbocycles. The first-order chi connectivity index (χ1) is 17.4. The number of morpholine rings is 1. The van der Waals surface area contributed by atoms with Crippen LogP contribution in [0.3, 0.4) is 0 Å². The normalized spacial score (nSPS) is 19.8. The topological polar surface area (TPSA) is 57.9 Å². The molecule has 0 radical (unpaired) electrons. The average molecular weight is 486 g/mol. The monoisotopic (exact) mass is 485 g/mol. The lowest BCUT2D eigenvalue weighted by atomic mass is 9.94. The molecule has 1 fully saturated rings. The van der Waals surface area contributed by atoms with Crippen molar-refractivity contribution in [1.82, 2.24) is 4.90 Å². The summed E-state index contributed by atoms with van der Waals surface area (Å²) in [6.07, 6.45) is 5.28. The molecule has 4 rings (SSSR count). The predicted molar refractivity (Wildman–Crippen MR) is 146 cm³/mol. The van der Waals surface area contributed by atoms with Gasteiger partial charge < -0.3 is 9.47 Å². The largest absolute Gasteiger partial charge is 0.490 e. The van der Waals surface area contributed by atoms with Crippen LogP contribution in [0.15, 0.2) is 47.6 Å². The third-order valence-electron chi connectivity index (χ3n) is 7.39. The second-order valence-corrected chi connectivity index (χ2v) is 10.2. The number of allylic oxidation sites excluding steroid dienone is 1. The van der Waals surface area contributed by atoms with Crippen molar-refractivity contribution in [3.05, 3.63) is 70.4 Å². The van der Waals surface area contributed by atoms with Crippen molar-refractivity contribution in [2.24, 2.45) is 10.9 Å². The molecule has 0 saturated carbocycles. The summed E-state index contributed by atoms with van der Waals surface area (Å²) in [5.74, 6) is 0.894. The predicted octanol–water partition coefficient (Wildman–Crippen LogP) is 6.56. The lowest BCUT2D eigenvalue weighted by Crippen LogP contribution is -2.38. The highest BCUT2D eigenvalue weighted by atomic mass is 16.5. The summed E-state index contributed by atoms with van der Waals surface area (Å²) in [6.45, 7) is 14.2. The molecule has 0 amide bonds. The third-order valence-corrected chi connectivity index (χ3v) is 7.39. The van der Waals surface area contributed by atoms with E-state index in [9.17, 15) is 5.26 Å². The standard InChI is InChI=1S/C31H39N3O2/c1-6-22(4)31(24-10-13-30(36-21(2)3)25(18-24)19-32)33-20-23(5)26-8-7-9-28-27(26)11-12-29(28)34-14-16-35-17-15-34/h7-10,13,18,20-22,29H,6,11-12,14-17H2,1-5H3/b23-20+,33-31?. The summed E-state index contributed by atoms with van der Waals surface area (Å²) in [5, 5.41) is 9.71. The SMILES string of the molecule is CCC(C)C(=N/C=C(\C)c1cccc2c1CCC2N1CCOCC1)c1ccc(OC(C)C)c(C#N)c1.